The number of hydrogen-bond donors (Lipinski definition) is 0. The summed E-state index contributed by atoms with van der Waals surface area (Å²) in [7, 11) is 0. The van der Waals surface area contributed by atoms with Crippen LogP contribution in [0.3, 0.4) is 0 Å². The molecule has 0 amide bonds. The largest absolute Gasteiger partial charge is 1.00 e. The van der Waals surface area contributed by atoms with E-state index in [1.807, 2.05) is 0 Å². The number of nitro benzene ring substituents is 1. The second-order valence-corrected chi connectivity index (χ2v) is 12.1. The van der Waals surface area contributed by atoms with E-state index in [1.54, 1.807) is 35.6 Å². The number of nitro groups is 1. The Morgan fingerprint density at radius 2 is 1.88 bits per heavy atom. The maximum Gasteiger partial charge on any atom is 0.306 e. The molecule has 1 aromatic heterocycles. The fraction of sp³-hybridized carbons (Fsp3) is 0.615. The van der Waals surface area contributed by atoms with Crippen LogP contribution in [-0.2, 0) is 22.5 Å². The first kappa shape index (κ1) is 25.3. The van der Waals surface area contributed by atoms with E-state index in [2.05, 4.69) is 23.9 Å². The van der Waals surface area contributed by atoms with Gasteiger partial charge in [0.15, 0.2) is 12.2 Å². The molecule has 0 aliphatic heterocycles. The van der Waals surface area contributed by atoms with E-state index in [4.69, 9.17) is 4.74 Å². The number of carbonyl (C=O) groups is 1. The lowest BCUT2D eigenvalue weighted by Gasteiger charge is -2.61. The normalized spacial score (nSPS) is 29.0. The molecule has 4 aliphatic carbocycles. The number of carbonyl (C=O) groups excluding carboxylic acids is 1. The van der Waals surface area contributed by atoms with Crippen LogP contribution in [0.25, 0.3) is 0 Å². The Labute approximate surface area is 215 Å². The highest BCUT2D eigenvalue weighted by atomic mass is 79.9. The summed E-state index contributed by atoms with van der Waals surface area (Å²) in [4.78, 5) is 24.4. The Kier molecular flexibility index (Phi) is 7.21. The number of thiazole rings is 1. The summed E-state index contributed by atoms with van der Waals surface area (Å²) < 4.78 is 7.88. The molecular weight excluding hydrogens is 516 g/mol. The van der Waals surface area contributed by atoms with Crippen molar-refractivity contribution in [3.63, 3.8) is 0 Å². The van der Waals surface area contributed by atoms with Gasteiger partial charge >= 0.3 is 5.97 Å². The summed E-state index contributed by atoms with van der Waals surface area (Å²) in [5, 5.41) is 10.8. The van der Waals surface area contributed by atoms with Crippen LogP contribution in [0.1, 0.15) is 68.0 Å². The van der Waals surface area contributed by atoms with Gasteiger partial charge in [-0.3, -0.25) is 14.9 Å². The number of benzene rings is 1. The van der Waals surface area contributed by atoms with Gasteiger partial charge in [-0.15, -0.1) is 0 Å². The average molecular weight is 550 g/mol. The van der Waals surface area contributed by atoms with Crippen molar-refractivity contribution in [3.8, 4) is 0 Å². The minimum Gasteiger partial charge on any atom is -1.00 e. The molecule has 1 aromatic carbocycles. The minimum atomic E-state index is -0.379. The predicted molar refractivity (Wildman–Crippen MR) is 126 cm³/mol. The monoisotopic (exact) mass is 548 g/mol. The highest BCUT2D eigenvalue weighted by Crippen LogP contribution is 2.66. The summed E-state index contributed by atoms with van der Waals surface area (Å²) in [5.74, 6) is 1.63. The first-order chi connectivity index (χ1) is 15.7. The predicted octanol–water partition coefficient (Wildman–Crippen LogP) is 2.39. The number of nitrogens with zero attached hydrogens (tertiary/aromatic N) is 2. The topological polar surface area (TPSA) is 73.3 Å². The lowest BCUT2D eigenvalue weighted by molar-refractivity contribution is -0.689. The van der Waals surface area contributed by atoms with Crippen LogP contribution in [0.15, 0.2) is 29.8 Å². The molecule has 2 unspecified atom stereocenters. The van der Waals surface area contributed by atoms with Crippen LogP contribution in [0.5, 0.6) is 0 Å². The number of halogens is 1. The number of hydrogen-bond acceptors (Lipinski definition) is 5. The minimum absolute atomic E-state index is 0. The molecule has 0 N–H and O–H groups in total. The fourth-order valence-corrected chi connectivity index (χ4v) is 8.49. The van der Waals surface area contributed by atoms with Crippen LogP contribution in [0.4, 0.5) is 5.69 Å². The van der Waals surface area contributed by atoms with E-state index in [9.17, 15) is 14.9 Å². The molecule has 34 heavy (non-hydrogen) atoms. The van der Waals surface area contributed by atoms with Crippen LogP contribution in [0.2, 0.25) is 0 Å². The van der Waals surface area contributed by atoms with E-state index in [0.29, 0.717) is 25.0 Å². The van der Waals surface area contributed by atoms with Gasteiger partial charge in [0.25, 0.3) is 5.69 Å². The molecular formula is C26H33BrN2O4S. The Bertz CT molecular complexity index is 1050. The van der Waals surface area contributed by atoms with Crippen molar-refractivity contribution in [2.75, 3.05) is 6.61 Å². The molecule has 8 heteroatoms. The number of aromatic nitrogens is 1. The first-order valence-corrected chi connectivity index (χ1v) is 13.0. The summed E-state index contributed by atoms with van der Waals surface area (Å²) in [6.45, 7) is 5.62. The zero-order valence-electron chi connectivity index (χ0n) is 19.9. The van der Waals surface area contributed by atoms with Crippen LogP contribution < -0.4 is 21.5 Å². The number of ether oxygens (including phenoxy) is 1. The van der Waals surface area contributed by atoms with E-state index in [0.717, 1.165) is 29.5 Å². The van der Waals surface area contributed by atoms with Crippen LogP contribution in [0, 0.1) is 39.7 Å². The third-order valence-electron chi connectivity index (χ3n) is 8.24. The molecule has 6 rings (SSSR count). The van der Waals surface area contributed by atoms with Crippen LogP contribution >= 0.6 is 11.3 Å². The SMILES string of the molecule is Cc1c(CCOC(=O)CC23CC4CC(CC(C)(C4)C2)C3)sc[n+]1Cc1ccc([N+](=O)[O-])cc1.[Br-]. The molecule has 6 nitrogen and oxygen atoms in total. The third kappa shape index (κ3) is 5.23. The highest BCUT2D eigenvalue weighted by Gasteiger charge is 2.56. The van der Waals surface area contributed by atoms with E-state index in [-0.39, 0.29) is 39.0 Å². The fourth-order valence-electron chi connectivity index (χ4n) is 7.52. The molecule has 1 heterocycles. The van der Waals surface area contributed by atoms with Crippen molar-refractivity contribution in [2.45, 2.75) is 71.8 Å². The average Bonchev–Trinajstić information content (AvgIpc) is 3.05. The van der Waals surface area contributed by atoms with E-state index in [1.165, 1.54) is 43.4 Å². The molecule has 184 valence electrons. The zero-order valence-corrected chi connectivity index (χ0v) is 22.3. The molecule has 2 aromatic rings. The standard InChI is InChI=1S/C26H33N2O4S.BrH/c1-18-23(33-17-27(18)15-19-3-5-22(6-4-19)28(30)31)7-8-32-24(29)14-26-12-20-9-21(13-26)11-25(2,10-20)16-26;/h3-6,17,20-21H,7-16H2,1-2H3;1H/q+1;/p-1. The Morgan fingerprint density at radius 1 is 1.21 bits per heavy atom. The lowest BCUT2D eigenvalue weighted by atomic mass is 9.44. The molecule has 4 saturated carbocycles. The van der Waals surface area contributed by atoms with Gasteiger partial charge < -0.3 is 21.7 Å². The van der Waals surface area contributed by atoms with Crippen LogP contribution in [-0.4, -0.2) is 17.5 Å². The summed E-state index contributed by atoms with van der Waals surface area (Å²) in [6.07, 6.45) is 9.07. The van der Waals surface area contributed by atoms with Gasteiger partial charge in [-0.25, -0.2) is 0 Å². The summed E-state index contributed by atoms with van der Waals surface area (Å²) in [5.41, 5.74) is 5.01. The molecule has 0 saturated heterocycles. The van der Waals surface area contributed by atoms with Gasteiger partial charge in [0.2, 0.25) is 5.51 Å². The van der Waals surface area contributed by atoms with Gasteiger partial charge in [0.05, 0.1) is 22.8 Å². The Hall–Kier alpha value is -1.80. The van der Waals surface area contributed by atoms with E-state index >= 15 is 0 Å². The van der Waals surface area contributed by atoms with Gasteiger partial charge in [-0.05, 0) is 73.3 Å². The molecule has 4 bridgehead atoms. The maximum atomic E-state index is 12.8. The van der Waals surface area contributed by atoms with Crippen molar-refractivity contribution >= 4 is 23.0 Å². The molecule has 0 spiro atoms. The van der Waals surface area contributed by atoms with Crippen molar-refractivity contribution in [1.29, 1.82) is 0 Å². The number of esters is 1. The Balaban J connectivity index is 0.00000274. The molecule has 2 atom stereocenters. The smallest absolute Gasteiger partial charge is 0.306 e. The summed E-state index contributed by atoms with van der Waals surface area (Å²) >= 11 is 1.67. The number of rotatable bonds is 8. The second-order valence-electron chi connectivity index (χ2n) is 11.2. The van der Waals surface area contributed by atoms with Crippen molar-refractivity contribution in [1.82, 2.24) is 0 Å². The van der Waals surface area contributed by atoms with Gasteiger partial charge in [-0.1, -0.05) is 18.3 Å². The number of non-ortho nitro benzene ring substituents is 1. The lowest BCUT2D eigenvalue weighted by Crippen LogP contribution is -3.00. The van der Waals surface area contributed by atoms with Gasteiger partial charge in [0.1, 0.15) is 0 Å². The quantitative estimate of drug-likeness (QED) is 0.220. The highest BCUT2D eigenvalue weighted by molar-refractivity contribution is 7.09. The third-order valence-corrected chi connectivity index (χ3v) is 9.39. The Morgan fingerprint density at radius 3 is 2.50 bits per heavy atom. The summed E-state index contributed by atoms with van der Waals surface area (Å²) in [6, 6.07) is 6.69. The molecule has 0 radical (unpaired) electrons. The van der Waals surface area contributed by atoms with Crippen molar-refractivity contribution < 1.29 is 36.0 Å². The van der Waals surface area contributed by atoms with Crippen molar-refractivity contribution in [2.24, 2.45) is 22.7 Å². The molecule has 4 aliphatic rings. The molecule has 4 fully saturated rings. The van der Waals surface area contributed by atoms with Gasteiger partial charge in [0, 0.05) is 31.0 Å². The first-order valence-electron chi connectivity index (χ1n) is 12.1. The maximum absolute atomic E-state index is 12.8. The second kappa shape index (κ2) is 9.69. The van der Waals surface area contributed by atoms with E-state index < -0.39 is 0 Å². The van der Waals surface area contributed by atoms with Gasteiger partial charge in [-0.2, -0.15) is 4.57 Å². The zero-order chi connectivity index (χ0) is 23.2. The van der Waals surface area contributed by atoms with Crippen molar-refractivity contribution in [3.05, 3.63) is 56.0 Å².